The third-order valence-corrected chi connectivity index (χ3v) is 8.83. The van der Waals surface area contributed by atoms with Crippen molar-refractivity contribution >= 4 is 16.9 Å². The van der Waals surface area contributed by atoms with E-state index in [1.54, 1.807) is 5.57 Å². The quantitative estimate of drug-likeness (QED) is 0.566. The minimum absolute atomic E-state index is 0.528. The van der Waals surface area contributed by atoms with Crippen molar-refractivity contribution in [1.29, 1.82) is 0 Å². The maximum absolute atomic E-state index is 5.61. The van der Waals surface area contributed by atoms with Crippen molar-refractivity contribution in [2.75, 3.05) is 68.8 Å². The number of nitrogens with zero attached hydrogens (tertiary/aromatic N) is 3. The summed E-state index contributed by atoms with van der Waals surface area (Å²) in [5.74, 6) is 0.995. The van der Waals surface area contributed by atoms with E-state index in [0.717, 1.165) is 45.3 Å². The second-order valence-corrected chi connectivity index (χ2v) is 10.7. The Kier molecular flexibility index (Phi) is 6.80. The molecule has 0 radical (unpaired) electrons. The van der Waals surface area contributed by atoms with Crippen LogP contribution in [0, 0.1) is 11.3 Å². The first-order valence-corrected chi connectivity index (χ1v) is 13.3. The van der Waals surface area contributed by atoms with Gasteiger partial charge < -0.3 is 14.5 Å². The molecule has 0 amide bonds. The van der Waals surface area contributed by atoms with E-state index in [0.29, 0.717) is 5.41 Å². The van der Waals surface area contributed by atoms with Gasteiger partial charge in [-0.25, -0.2) is 0 Å². The Morgan fingerprint density at radius 2 is 1.69 bits per heavy atom. The third-order valence-electron chi connectivity index (χ3n) is 8.83. The molecule has 0 unspecified atom stereocenters. The van der Waals surface area contributed by atoms with Crippen LogP contribution in [0.1, 0.15) is 64.4 Å². The number of benzene rings is 1. The Hall–Kier alpha value is -1.52. The number of hydrogen-bond acceptors (Lipinski definition) is 4. The van der Waals surface area contributed by atoms with Crippen LogP contribution in [0.15, 0.2) is 24.3 Å². The van der Waals surface area contributed by atoms with Gasteiger partial charge >= 0.3 is 0 Å². The number of rotatable bonds is 7. The molecule has 0 aromatic heterocycles. The predicted octanol–water partition coefficient (Wildman–Crippen LogP) is 5.43. The van der Waals surface area contributed by atoms with E-state index in [4.69, 9.17) is 4.74 Å². The molecular formula is C28H43N3O. The summed E-state index contributed by atoms with van der Waals surface area (Å²) in [6.07, 6.45) is 11.9. The molecule has 1 saturated carbocycles. The van der Waals surface area contributed by atoms with Crippen LogP contribution in [-0.2, 0) is 4.74 Å². The van der Waals surface area contributed by atoms with Gasteiger partial charge in [-0.2, -0.15) is 0 Å². The lowest BCUT2D eigenvalue weighted by Crippen LogP contribution is -2.47. The molecule has 5 rings (SSSR count). The molecule has 2 aliphatic heterocycles. The van der Waals surface area contributed by atoms with Crippen LogP contribution in [0.4, 0.5) is 11.4 Å². The topological polar surface area (TPSA) is 19.0 Å². The Bertz CT molecular complexity index is 797. The molecule has 4 nitrogen and oxygen atoms in total. The minimum atomic E-state index is 0.528. The van der Waals surface area contributed by atoms with Crippen LogP contribution in [-0.4, -0.2) is 63.9 Å². The summed E-state index contributed by atoms with van der Waals surface area (Å²) in [7, 11) is 0. The molecule has 0 bridgehead atoms. The fourth-order valence-electron chi connectivity index (χ4n) is 5.99. The van der Waals surface area contributed by atoms with Crippen LogP contribution in [0.2, 0.25) is 0 Å². The van der Waals surface area contributed by atoms with E-state index in [-0.39, 0.29) is 0 Å². The highest BCUT2D eigenvalue weighted by Crippen LogP contribution is 2.45. The van der Waals surface area contributed by atoms with E-state index < -0.39 is 0 Å². The molecule has 4 heteroatoms. The molecular weight excluding hydrogens is 394 g/mol. The summed E-state index contributed by atoms with van der Waals surface area (Å²) >= 11 is 0. The standard InChI is InChI=1S/C28H43N3O/c1-3-28(4-2)11-9-24(10-12-28)26-21-25(30-17-19-32-20-18-30)7-8-27(26)31-15-13-29(14-16-31)22-23-5-6-23/h7-9,21,23H,3-6,10-20,22H2,1-2H3. The first-order valence-electron chi connectivity index (χ1n) is 13.3. The summed E-state index contributed by atoms with van der Waals surface area (Å²) < 4.78 is 5.61. The molecule has 0 atom stereocenters. The van der Waals surface area contributed by atoms with Crippen molar-refractivity contribution in [3.63, 3.8) is 0 Å². The van der Waals surface area contributed by atoms with Crippen LogP contribution in [0.5, 0.6) is 0 Å². The number of anilines is 2. The van der Waals surface area contributed by atoms with Gasteiger partial charge in [-0.15, -0.1) is 0 Å². The highest BCUT2D eigenvalue weighted by Gasteiger charge is 2.31. The van der Waals surface area contributed by atoms with Gasteiger partial charge in [0.15, 0.2) is 0 Å². The SMILES string of the molecule is CCC1(CC)CC=C(c2cc(N3CCOCC3)ccc2N2CCN(CC3CC3)CC2)CC1. The normalized spacial score (nSPS) is 24.5. The molecule has 2 heterocycles. The van der Waals surface area contributed by atoms with Crippen LogP contribution < -0.4 is 9.80 Å². The molecule has 1 aromatic rings. The predicted molar refractivity (Wildman–Crippen MR) is 136 cm³/mol. The fourth-order valence-corrected chi connectivity index (χ4v) is 5.99. The Balaban J connectivity index is 1.39. The second-order valence-electron chi connectivity index (χ2n) is 10.7. The zero-order valence-corrected chi connectivity index (χ0v) is 20.5. The van der Waals surface area contributed by atoms with E-state index in [1.165, 1.54) is 81.5 Å². The Labute approximate surface area is 195 Å². The van der Waals surface area contributed by atoms with Crippen molar-refractivity contribution in [2.45, 2.75) is 58.8 Å². The summed E-state index contributed by atoms with van der Waals surface area (Å²) in [5, 5.41) is 0. The zero-order chi connectivity index (χ0) is 22.0. The number of hydrogen-bond donors (Lipinski definition) is 0. The molecule has 1 aromatic carbocycles. The average molecular weight is 438 g/mol. The number of morpholine rings is 1. The van der Waals surface area contributed by atoms with Crippen molar-refractivity contribution in [2.24, 2.45) is 11.3 Å². The van der Waals surface area contributed by atoms with Crippen molar-refractivity contribution < 1.29 is 4.74 Å². The highest BCUT2D eigenvalue weighted by atomic mass is 16.5. The van der Waals surface area contributed by atoms with Crippen LogP contribution in [0.25, 0.3) is 5.57 Å². The molecule has 4 aliphatic rings. The van der Waals surface area contributed by atoms with Gasteiger partial charge in [0, 0.05) is 62.8 Å². The van der Waals surface area contributed by atoms with Gasteiger partial charge in [0.1, 0.15) is 0 Å². The Morgan fingerprint density at radius 1 is 0.938 bits per heavy atom. The van der Waals surface area contributed by atoms with E-state index >= 15 is 0 Å². The Morgan fingerprint density at radius 3 is 2.31 bits per heavy atom. The second kappa shape index (κ2) is 9.77. The molecule has 2 aliphatic carbocycles. The molecule has 0 N–H and O–H groups in total. The van der Waals surface area contributed by atoms with Gasteiger partial charge in [-0.1, -0.05) is 32.8 Å². The van der Waals surface area contributed by atoms with Gasteiger partial charge in [0.2, 0.25) is 0 Å². The summed E-state index contributed by atoms with van der Waals surface area (Å²) in [5.41, 5.74) is 6.47. The monoisotopic (exact) mass is 437 g/mol. The van der Waals surface area contributed by atoms with Gasteiger partial charge in [-0.3, -0.25) is 4.90 Å². The van der Waals surface area contributed by atoms with Crippen molar-refractivity contribution in [3.05, 3.63) is 29.8 Å². The highest BCUT2D eigenvalue weighted by molar-refractivity contribution is 5.80. The zero-order valence-electron chi connectivity index (χ0n) is 20.5. The first-order chi connectivity index (χ1) is 15.7. The molecule has 3 fully saturated rings. The average Bonchev–Trinajstić information content (AvgIpc) is 3.69. The van der Waals surface area contributed by atoms with Crippen LogP contribution in [0.3, 0.4) is 0 Å². The van der Waals surface area contributed by atoms with Crippen molar-refractivity contribution in [1.82, 2.24) is 4.90 Å². The summed E-state index contributed by atoms with van der Waals surface area (Å²) in [6, 6.07) is 7.31. The molecule has 176 valence electrons. The largest absolute Gasteiger partial charge is 0.378 e. The lowest BCUT2D eigenvalue weighted by molar-refractivity contribution is 0.122. The van der Waals surface area contributed by atoms with Gasteiger partial charge in [0.05, 0.1) is 13.2 Å². The van der Waals surface area contributed by atoms with E-state index in [2.05, 4.69) is 52.8 Å². The summed E-state index contributed by atoms with van der Waals surface area (Å²) in [6.45, 7) is 14.6. The molecule has 0 spiro atoms. The van der Waals surface area contributed by atoms with Gasteiger partial charge in [-0.05, 0) is 67.2 Å². The fraction of sp³-hybridized carbons (Fsp3) is 0.714. The lowest BCUT2D eigenvalue weighted by atomic mass is 9.70. The molecule has 2 saturated heterocycles. The minimum Gasteiger partial charge on any atom is -0.378 e. The van der Waals surface area contributed by atoms with E-state index in [9.17, 15) is 0 Å². The first kappa shape index (κ1) is 22.3. The van der Waals surface area contributed by atoms with E-state index in [1.807, 2.05) is 0 Å². The smallest absolute Gasteiger partial charge is 0.0642 e. The maximum atomic E-state index is 5.61. The lowest BCUT2D eigenvalue weighted by Gasteiger charge is -2.39. The van der Waals surface area contributed by atoms with Crippen LogP contribution >= 0.6 is 0 Å². The van der Waals surface area contributed by atoms with Crippen molar-refractivity contribution in [3.8, 4) is 0 Å². The number of ether oxygens (including phenoxy) is 1. The maximum Gasteiger partial charge on any atom is 0.0642 e. The molecule has 32 heavy (non-hydrogen) atoms. The number of allylic oxidation sites excluding steroid dienone is 2. The summed E-state index contributed by atoms with van der Waals surface area (Å²) in [4.78, 5) is 7.88. The number of piperazine rings is 1. The third kappa shape index (κ3) is 4.87. The van der Waals surface area contributed by atoms with Gasteiger partial charge in [0.25, 0.3) is 0 Å².